The van der Waals surface area contributed by atoms with Crippen LogP contribution in [-0.4, -0.2) is 11.7 Å². The lowest BCUT2D eigenvalue weighted by Crippen LogP contribution is -2.44. The molecule has 0 saturated carbocycles. The van der Waals surface area contributed by atoms with E-state index in [1.165, 1.54) is 6.42 Å². The van der Waals surface area contributed by atoms with Gasteiger partial charge in [-0.2, -0.15) is 0 Å². The molecule has 0 spiro atoms. The van der Waals surface area contributed by atoms with Gasteiger partial charge in [-0.1, -0.05) is 27.7 Å². The van der Waals surface area contributed by atoms with E-state index in [1.54, 1.807) is 0 Å². The van der Waals surface area contributed by atoms with Gasteiger partial charge in [0.1, 0.15) is 0 Å². The number of rotatable bonds is 5. The predicted octanol–water partition coefficient (Wildman–Crippen LogP) is 4.26. The summed E-state index contributed by atoms with van der Waals surface area (Å²) >= 11 is 0. The highest BCUT2D eigenvalue weighted by Crippen LogP contribution is 2.39. The fourth-order valence-electron chi connectivity index (χ4n) is 2.02. The molecular weight excluding hydrogens is 172 g/mol. The zero-order chi connectivity index (χ0) is 11.6. The Morgan fingerprint density at radius 2 is 1.36 bits per heavy atom. The summed E-state index contributed by atoms with van der Waals surface area (Å²) in [4.78, 5) is 0. The van der Waals surface area contributed by atoms with Crippen molar-refractivity contribution in [2.24, 2.45) is 11.3 Å². The topological polar surface area (TPSA) is 9.23 Å². The second-order valence-corrected chi connectivity index (χ2v) is 6.16. The van der Waals surface area contributed by atoms with Crippen molar-refractivity contribution in [2.45, 2.75) is 73.5 Å². The van der Waals surface area contributed by atoms with Crippen LogP contribution < -0.4 is 0 Å². The second kappa shape index (κ2) is 4.65. The summed E-state index contributed by atoms with van der Waals surface area (Å²) in [5.74, 6) is 0.722. The molecule has 0 saturated heterocycles. The average molecular weight is 200 g/mol. The van der Waals surface area contributed by atoms with Gasteiger partial charge in [0.15, 0.2) is 0 Å². The molecule has 0 rings (SSSR count). The third-order valence-corrected chi connectivity index (χ3v) is 3.08. The zero-order valence-corrected chi connectivity index (χ0v) is 11.3. The van der Waals surface area contributed by atoms with Gasteiger partial charge in [0, 0.05) is 0 Å². The van der Waals surface area contributed by atoms with Gasteiger partial charge in [0.2, 0.25) is 0 Å². The van der Waals surface area contributed by atoms with Gasteiger partial charge in [-0.25, -0.2) is 0 Å². The maximum atomic E-state index is 6.00. The molecule has 0 atom stereocenters. The van der Waals surface area contributed by atoms with Gasteiger partial charge >= 0.3 is 0 Å². The molecule has 1 heteroatoms. The van der Waals surface area contributed by atoms with Gasteiger partial charge in [0.25, 0.3) is 0 Å². The average Bonchev–Trinajstić information content (AvgIpc) is 1.78. The molecule has 1 nitrogen and oxygen atoms in total. The van der Waals surface area contributed by atoms with Crippen LogP contribution in [0.2, 0.25) is 0 Å². The van der Waals surface area contributed by atoms with E-state index in [4.69, 9.17) is 4.74 Å². The maximum Gasteiger partial charge on any atom is 0.0680 e. The van der Waals surface area contributed by atoms with E-state index in [0.717, 1.165) is 5.92 Å². The molecule has 0 aromatic heterocycles. The van der Waals surface area contributed by atoms with E-state index in [1.807, 2.05) is 0 Å². The Bertz CT molecular complexity index is 146. The van der Waals surface area contributed by atoms with Crippen LogP contribution in [0.4, 0.5) is 0 Å². The van der Waals surface area contributed by atoms with E-state index in [-0.39, 0.29) is 11.0 Å². The quantitative estimate of drug-likeness (QED) is 0.644. The SMILES string of the molecule is CC(C)CC(C)(C)C(C)(C)OC(C)C. The number of hydrogen-bond donors (Lipinski definition) is 0. The monoisotopic (exact) mass is 200 g/mol. The first-order valence-corrected chi connectivity index (χ1v) is 5.76. The van der Waals surface area contributed by atoms with E-state index in [9.17, 15) is 0 Å². The minimum Gasteiger partial charge on any atom is -0.372 e. The first-order valence-electron chi connectivity index (χ1n) is 5.76. The lowest BCUT2D eigenvalue weighted by molar-refractivity contribution is -0.130. The molecule has 0 heterocycles. The van der Waals surface area contributed by atoms with Crippen molar-refractivity contribution >= 4 is 0 Å². The highest BCUT2D eigenvalue weighted by Gasteiger charge is 2.38. The highest BCUT2D eigenvalue weighted by molar-refractivity contribution is 4.88. The first kappa shape index (κ1) is 14.0. The third kappa shape index (κ3) is 4.00. The molecule has 0 unspecified atom stereocenters. The standard InChI is InChI=1S/C13H28O/c1-10(2)9-12(5,6)13(7,8)14-11(3)4/h10-11H,9H2,1-8H3. The summed E-state index contributed by atoms with van der Waals surface area (Å²) in [6.45, 7) is 17.8. The molecule has 0 N–H and O–H groups in total. The lowest BCUT2D eigenvalue weighted by Gasteiger charge is -2.43. The molecule has 14 heavy (non-hydrogen) atoms. The Kier molecular flexibility index (Phi) is 4.64. The Hall–Kier alpha value is -0.0400. The molecule has 0 aliphatic heterocycles. The van der Waals surface area contributed by atoms with E-state index in [2.05, 4.69) is 55.4 Å². The van der Waals surface area contributed by atoms with Gasteiger partial charge in [-0.15, -0.1) is 0 Å². The van der Waals surface area contributed by atoms with E-state index in [0.29, 0.717) is 6.10 Å². The summed E-state index contributed by atoms with van der Waals surface area (Å²) in [5.41, 5.74) is 0.177. The zero-order valence-electron chi connectivity index (χ0n) is 11.3. The molecule has 0 aromatic carbocycles. The molecule has 0 aliphatic rings. The van der Waals surface area contributed by atoms with Crippen molar-refractivity contribution in [2.75, 3.05) is 0 Å². The Morgan fingerprint density at radius 1 is 0.929 bits per heavy atom. The molecule has 0 aliphatic carbocycles. The first-order chi connectivity index (χ1) is 6.08. The number of hydrogen-bond acceptors (Lipinski definition) is 1. The second-order valence-electron chi connectivity index (χ2n) is 6.16. The largest absolute Gasteiger partial charge is 0.372 e. The molecule has 0 radical (unpaired) electrons. The van der Waals surface area contributed by atoms with Crippen LogP contribution in [0.3, 0.4) is 0 Å². The van der Waals surface area contributed by atoms with Crippen molar-refractivity contribution < 1.29 is 4.74 Å². The lowest BCUT2D eigenvalue weighted by atomic mass is 9.71. The fourth-order valence-corrected chi connectivity index (χ4v) is 2.02. The van der Waals surface area contributed by atoms with Crippen LogP contribution in [0.1, 0.15) is 61.8 Å². The van der Waals surface area contributed by atoms with E-state index >= 15 is 0 Å². The van der Waals surface area contributed by atoms with Gasteiger partial charge in [-0.05, 0) is 45.4 Å². The highest BCUT2D eigenvalue weighted by atomic mass is 16.5. The van der Waals surface area contributed by atoms with Crippen molar-refractivity contribution in [3.63, 3.8) is 0 Å². The summed E-state index contributed by atoms with van der Waals surface area (Å²) in [7, 11) is 0. The molecule has 0 amide bonds. The van der Waals surface area contributed by atoms with Gasteiger partial charge in [-0.3, -0.25) is 0 Å². The predicted molar refractivity (Wildman–Crippen MR) is 63.5 cm³/mol. The Labute approximate surface area is 90.2 Å². The van der Waals surface area contributed by atoms with Crippen LogP contribution in [0.5, 0.6) is 0 Å². The molecular formula is C13H28O. The fraction of sp³-hybridized carbons (Fsp3) is 1.00. The van der Waals surface area contributed by atoms with Gasteiger partial charge in [0.05, 0.1) is 11.7 Å². The molecule has 86 valence electrons. The summed E-state index contributed by atoms with van der Waals surface area (Å²) in [6.07, 6.45) is 1.50. The van der Waals surface area contributed by atoms with Crippen LogP contribution in [-0.2, 0) is 4.74 Å². The number of ether oxygens (including phenoxy) is 1. The summed E-state index contributed by atoms with van der Waals surface area (Å²) < 4.78 is 6.00. The third-order valence-electron chi connectivity index (χ3n) is 3.08. The molecule has 0 fully saturated rings. The Morgan fingerprint density at radius 3 is 1.64 bits per heavy atom. The van der Waals surface area contributed by atoms with Crippen LogP contribution in [0.25, 0.3) is 0 Å². The molecule has 0 bridgehead atoms. The normalized spacial score (nSPS) is 14.1. The Balaban J connectivity index is 4.51. The summed E-state index contributed by atoms with van der Waals surface area (Å²) in [5, 5.41) is 0. The van der Waals surface area contributed by atoms with Crippen molar-refractivity contribution in [3.05, 3.63) is 0 Å². The van der Waals surface area contributed by atoms with Crippen molar-refractivity contribution in [3.8, 4) is 0 Å². The minimum atomic E-state index is -0.0502. The maximum absolute atomic E-state index is 6.00. The smallest absolute Gasteiger partial charge is 0.0680 e. The van der Waals surface area contributed by atoms with Gasteiger partial charge < -0.3 is 4.74 Å². The van der Waals surface area contributed by atoms with Crippen LogP contribution in [0, 0.1) is 11.3 Å². The summed E-state index contributed by atoms with van der Waals surface area (Å²) in [6, 6.07) is 0. The minimum absolute atomic E-state index is 0.0502. The molecule has 0 aromatic rings. The van der Waals surface area contributed by atoms with Crippen LogP contribution >= 0.6 is 0 Å². The van der Waals surface area contributed by atoms with Crippen molar-refractivity contribution in [1.82, 2.24) is 0 Å². The van der Waals surface area contributed by atoms with E-state index < -0.39 is 0 Å². The van der Waals surface area contributed by atoms with Crippen molar-refractivity contribution in [1.29, 1.82) is 0 Å². The van der Waals surface area contributed by atoms with Crippen LogP contribution in [0.15, 0.2) is 0 Å².